The van der Waals surface area contributed by atoms with Crippen LogP contribution in [0.4, 0.5) is 0 Å². The second-order valence-corrected chi connectivity index (χ2v) is 6.92. The van der Waals surface area contributed by atoms with Crippen molar-refractivity contribution in [3.05, 3.63) is 28.8 Å². The highest BCUT2D eigenvalue weighted by atomic mass is 16.6. The van der Waals surface area contributed by atoms with E-state index in [1.165, 1.54) is 19.3 Å². The van der Waals surface area contributed by atoms with E-state index in [1.54, 1.807) is 6.20 Å². The van der Waals surface area contributed by atoms with Crippen LogP contribution in [0.25, 0.3) is 0 Å². The molecule has 1 atom stereocenters. The Hall–Kier alpha value is -2.18. The average molecular weight is 329 g/mol. The number of nitrogens with one attached hydrogen (secondary N) is 1. The number of aromatic nitrogens is 4. The number of rotatable bonds is 3. The van der Waals surface area contributed by atoms with Crippen LogP contribution >= 0.6 is 0 Å². The molecule has 2 aromatic rings. The second-order valence-electron chi connectivity index (χ2n) is 6.92. The van der Waals surface area contributed by atoms with E-state index in [-0.39, 0.29) is 11.9 Å². The first-order valence-corrected chi connectivity index (χ1v) is 8.89. The molecule has 128 valence electrons. The molecule has 1 saturated carbocycles. The third-order valence-electron chi connectivity index (χ3n) is 5.43. The van der Waals surface area contributed by atoms with E-state index < -0.39 is 0 Å². The summed E-state index contributed by atoms with van der Waals surface area (Å²) in [7, 11) is 0. The third kappa shape index (κ3) is 2.61. The zero-order valence-corrected chi connectivity index (χ0v) is 14.0. The summed E-state index contributed by atoms with van der Waals surface area (Å²) in [5.41, 5.74) is 3.28. The van der Waals surface area contributed by atoms with Gasteiger partial charge in [-0.1, -0.05) is 29.6 Å². The molecular formula is C17H23N5O2. The molecule has 7 heteroatoms. The van der Waals surface area contributed by atoms with Gasteiger partial charge in [0, 0.05) is 12.5 Å². The van der Waals surface area contributed by atoms with Gasteiger partial charge in [0.2, 0.25) is 0 Å². The molecule has 4 rings (SSSR count). The van der Waals surface area contributed by atoms with E-state index in [0.29, 0.717) is 5.92 Å². The number of aryl methyl sites for hydroxylation is 1. The normalized spacial score (nSPS) is 22.2. The minimum Gasteiger partial charge on any atom is -0.330 e. The van der Waals surface area contributed by atoms with Crippen LogP contribution in [0.15, 0.2) is 10.8 Å². The maximum Gasteiger partial charge on any atom is 0.257 e. The fraction of sp³-hybridized carbons (Fsp3) is 0.647. The van der Waals surface area contributed by atoms with Gasteiger partial charge in [0.15, 0.2) is 0 Å². The number of carbonyl (C=O) groups is 1. The Morgan fingerprint density at radius 2 is 2.04 bits per heavy atom. The summed E-state index contributed by atoms with van der Waals surface area (Å²) in [6.07, 6.45) is 9.59. The quantitative estimate of drug-likeness (QED) is 0.934. The molecular weight excluding hydrogens is 306 g/mol. The summed E-state index contributed by atoms with van der Waals surface area (Å²) in [4.78, 5) is 15.1. The van der Waals surface area contributed by atoms with Gasteiger partial charge >= 0.3 is 0 Å². The van der Waals surface area contributed by atoms with E-state index >= 15 is 0 Å². The molecule has 1 amide bonds. The predicted octanol–water partition coefficient (Wildman–Crippen LogP) is 3.13. The summed E-state index contributed by atoms with van der Waals surface area (Å²) >= 11 is 0. The maximum atomic E-state index is 13.2. The minimum atomic E-state index is -0.0437. The van der Waals surface area contributed by atoms with Gasteiger partial charge in [0.05, 0.1) is 23.5 Å². The van der Waals surface area contributed by atoms with E-state index in [2.05, 4.69) is 20.5 Å². The van der Waals surface area contributed by atoms with Crippen LogP contribution in [-0.4, -0.2) is 37.9 Å². The SMILES string of the molecule is Cc1nonc1[C@H]1CCCN1C(=O)c1cn[nH]c1C1CCCCC1. The Kier molecular flexibility index (Phi) is 4.08. The number of likely N-dealkylation sites (tertiary alicyclic amines) is 1. The van der Waals surface area contributed by atoms with Crippen LogP contribution in [0.1, 0.15) is 84.3 Å². The molecule has 2 aliphatic rings. The van der Waals surface area contributed by atoms with Crippen molar-refractivity contribution in [2.24, 2.45) is 0 Å². The van der Waals surface area contributed by atoms with Gasteiger partial charge in [0.1, 0.15) is 11.4 Å². The molecule has 0 radical (unpaired) electrons. The van der Waals surface area contributed by atoms with Crippen molar-refractivity contribution in [1.82, 2.24) is 25.4 Å². The van der Waals surface area contributed by atoms with Crippen molar-refractivity contribution in [2.45, 2.75) is 63.8 Å². The van der Waals surface area contributed by atoms with Crippen LogP contribution in [-0.2, 0) is 0 Å². The van der Waals surface area contributed by atoms with Gasteiger partial charge in [-0.2, -0.15) is 5.10 Å². The molecule has 1 N–H and O–H groups in total. The fourth-order valence-electron chi connectivity index (χ4n) is 4.16. The van der Waals surface area contributed by atoms with Crippen LogP contribution in [0.3, 0.4) is 0 Å². The smallest absolute Gasteiger partial charge is 0.257 e. The van der Waals surface area contributed by atoms with E-state index in [1.807, 2.05) is 11.8 Å². The third-order valence-corrected chi connectivity index (χ3v) is 5.43. The van der Waals surface area contributed by atoms with E-state index in [0.717, 1.165) is 54.9 Å². The summed E-state index contributed by atoms with van der Waals surface area (Å²) < 4.78 is 4.84. The molecule has 7 nitrogen and oxygen atoms in total. The number of aromatic amines is 1. The maximum absolute atomic E-state index is 13.2. The Morgan fingerprint density at radius 1 is 1.21 bits per heavy atom. The zero-order chi connectivity index (χ0) is 16.5. The van der Waals surface area contributed by atoms with Crippen molar-refractivity contribution in [3.8, 4) is 0 Å². The number of H-pyrrole nitrogens is 1. The average Bonchev–Trinajstić information content (AvgIpc) is 3.34. The van der Waals surface area contributed by atoms with Crippen molar-refractivity contribution < 1.29 is 9.42 Å². The van der Waals surface area contributed by atoms with Crippen molar-refractivity contribution in [3.63, 3.8) is 0 Å². The molecule has 0 unspecified atom stereocenters. The lowest BCUT2D eigenvalue weighted by Crippen LogP contribution is -2.31. The van der Waals surface area contributed by atoms with Crippen LogP contribution in [0, 0.1) is 6.92 Å². The number of nitrogens with zero attached hydrogens (tertiary/aromatic N) is 4. The zero-order valence-electron chi connectivity index (χ0n) is 14.0. The lowest BCUT2D eigenvalue weighted by Gasteiger charge is -2.25. The first kappa shape index (κ1) is 15.4. The summed E-state index contributed by atoms with van der Waals surface area (Å²) in [6.45, 7) is 2.61. The summed E-state index contributed by atoms with van der Waals surface area (Å²) in [5.74, 6) is 0.478. The highest BCUT2D eigenvalue weighted by Gasteiger charge is 2.36. The molecule has 1 aliphatic carbocycles. The van der Waals surface area contributed by atoms with Crippen molar-refractivity contribution >= 4 is 5.91 Å². The number of hydrogen-bond acceptors (Lipinski definition) is 5. The second kappa shape index (κ2) is 6.37. The number of carbonyl (C=O) groups excluding carboxylic acids is 1. The Balaban J connectivity index is 1.59. The molecule has 2 aromatic heterocycles. The van der Waals surface area contributed by atoms with E-state index in [9.17, 15) is 4.79 Å². The number of amides is 1. The van der Waals surface area contributed by atoms with Crippen LogP contribution < -0.4 is 0 Å². The first-order valence-electron chi connectivity index (χ1n) is 8.89. The topological polar surface area (TPSA) is 87.9 Å². The summed E-state index contributed by atoms with van der Waals surface area (Å²) in [6, 6.07) is -0.0437. The largest absolute Gasteiger partial charge is 0.330 e. The van der Waals surface area contributed by atoms with Gasteiger partial charge in [-0.15, -0.1) is 0 Å². The molecule has 0 aromatic carbocycles. The predicted molar refractivity (Wildman–Crippen MR) is 86.5 cm³/mol. The molecule has 0 bridgehead atoms. The van der Waals surface area contributed by atoms with Crippen molar-refractivity contribution in [1.29, 1.82) is 0 Å². The van der Waals surface area contributed by atoms with Crippen LogP contribution in [0.5, 0.6) is 0 Å². The Morgan fingerprint density at radius 3 is 2.79 bits per heavy atom. The highest BCUT2D eigenvalue weighted by molar-refractivity contribution is 5.95. The monoisotopic (exact) mass is 329 g/mol. The Labute approximate surface area is 140 Å². The van der Waals surface area contributed by atoms with Gasteiger partial charge in [-0.05, 0) is 32.6 Å². The lowest BCUT2D eigenvalue weighted by atomic mass is 9.85. The van der Waals surface area contributed by atoms with Gasteiger partial charge in [-0.3, -0.25) is 9.89 Å². The number of hydrogen-bond donors (Lipinski definition) is 1. The highest BCUT2D eigenvalue weighted by Crippen LogP contribution is 2.37. The minimum absolute atomic E-state index is 0.0437. The van der Waals surface area contributed by atoms with Gasteiger partial charge in [-0.25, -0.2) is 4.63 Å². The van der Waals surface area contributed by atoms with E-state index in [4.69, 9.17) is 4.63 Å². The molecule has 2 fully saturated rings. The van der Waals surface area contributed by atoms with Gasteiger partial charge in [0.25, 0.3) is 5.91 Å². The van der Waals surface area contributed by atoms with Crippen LogP contribution in [0.2, 0.25) is 0 Å². The fourth-order valence-corrected chi connectivity index (χ4v) is 4.16. The molecule has 1 saturated heterocycles. The Bertz CT molecular complexity index is 716. The molecule has 24 heavy (non-hydrogen) atoms. The first-order chi connectivity index (χ1) is 11.8. The molecule has 3 heterocycles. The molecule has 1 aliphatic heterocycles. The standard InChI is InChI=1S/C17H23N5O2/c1-11-15(21-24-20-11)14-8-5-9-22(14)17(23)13-10-18-19-16(13)12-6-3-2-4-7-12/h10,12,14H,2-9H2,1H3,(H,18,19)/t14-/m1/s1. The molecule has 0 spiro atoms. The van der Waals surface area contributed by atoms with Gasteiger partial charge < -0.3 is 4.90 Å². The van der Waals surface area contributed by atoms with Crippen molar-refractivity contribution in [2.75, 3.05) is 6.54 Å². The summed E-state index contributed by atoms with van der Waals surface area (Å²) in [5, 5.41) is 15.2. The lowest BCUT2D eigenvalue weighted by molar-refractivity contribution is 0.0728.